The highest BCUT2D eigenvalue weighted by Crippen LogP contribution is 2.02. The van der Waals surface area contributed by atoms with Gasteiger partial charge in [-0.1, -0.05) is 29.8 Å². The van der Waals surface area contributed by atoms with Gasteiger partial charge in [-0.25, -0.2) is 0 Å². The van der Waals surface area contributed by atoms with Gasteiger partial charge in [0.15, 0.2) is 5.11 Å². The van der Waals surface area contributed by atoms with E-state index in [-0.39, 0.29) is 0 Å². The largest absolute Gasteiger partial charge is 0.370 e. The van der Waals surface area contributed by atoms with Crippen molar-refractivity contribution in [3.05, 3.63) is 35.4 Å². The molecule has 3 N–H and O–H groups in total. The molecule has 0 spiro atoms. The van der Waals surface area contributed by atoms with Crippen LogP contribution in [-0.2, 0) is 11.3 Å². The summed E-state index contributed by atoms with van der Waals surface area (Å²) in [5.74, 6) is 0. The molecule has 1 saturated heterocycles. The summed E-state index contributed by atoms with van der Waals surface area (Å²) in [4.78, 5) is 1.64. The quantitative estimate of drug-likeness (QED) is 0.521. The molecule has 0 atom stereocenters. The van der Waals surface area contributed by atoms with Crippen LogP contribution < -0.4 is 15.5 Å². The Morgan fingerprint density at radius 3 is 2.62 bits per heavy atom. The Kier molecular flexibility index (Phi) is 6.92. The molecule has 1 aromatic rings. The van der Waals surface area contributed by atoms with Crippen LogP contribution in [0.15, 0.2) is 24.3 Å². The van der Waals surface area contributed by atoms with Gasteiger partial charge in [-0.2, -0.15) is 0 Å². The molecule has 0 saturated carbocycles. The molecular formula is C16H26N3OS+. The third kappa shape index (κ3) is 6.42. The smallest absolute Gasteiger partial charge is 0.166 e. The van der Waals surface area contributed by atoms with Crippen LogP contribution >= 0.6 is 12.2 Å². The number of morpholine rings is 1. The van der Waals surface area contributed by atoms with Gasteiger partial charge >= 0.3 is 0 Å². The highest BCUT2D eigenvalue weighted by molar-refractivity contribution is 7.80. The minimum absolute atomic E-state index is 0.743. The van der Waals surface area contributed by atoms with Crippen molar-refractivity contribution in [3.63, 3.8) is 0 Å². The van der Waals surface area contributed by atoms with Crippen LogP contribution in [0.3, 0.4) is 0 Å². The first-order chi connectivity index (χ1) is 10.2. The molecule has 5 heteroatoms. The molecule has 0 unspecified atom stereocenters. The number of benzene rings is 1. The Bertz CT molecular complexity index is 430. The summed E-state index contributed by atoms with van der Waals surface area (Å²) in [6.45, 7) is 9.08. The van der Waals surface area contributed by atoms with Crippen LogP contribution in [0.2, 0.25) is 0 Å². The number of ether oxygens (including phenoxy) is 1. The maximum Gasteiger partial charge on any atom is 0.166 e. The van der Waals surface area contributed by atoms with Crippen molar-refractivity contribution < 1.29 is 9.64 Å². The van der Waals surface area contributed by atoms with Gasteiger partial charge in [0.05, 0.1) is 19.8 Å². The minimum atomic E-state index is 0.743. The van der Waals surface area contributed by atoms with Crippen molar-refractivity contribution in [1.82, 2.24) is 10.6 Å². The molecule has 1 aliphatic rings. The van der Waals surface area contributed by atoms with E-state index in [0.29, 0.717) is 0 Å². The molecule has 21 heavy (non-hydrogen) atoms. The fourth-order valence-corrected chi connectivity index (χ4v) is 2.58. The standard InChI is InChI=1S/C16H25N3OS/c1-14-3-5-15(6-4-14)13-18-16(21)17-7-2-8-19-9-11-20-12-10-19/h3-6H,2,7-13H2,1H3,(H2,17,18,21)/p+1. The normalized spacial score (nSPS) is 15.7. The molecular weight excluding hydrogens is 282 g/mol. The van der Waals surface area contributed by atoms with Crippen LogP contribution in [0, 0.1) is 6.92 Å². The van der Waals surface area contributed by atoms with Gasteiger partial charge < -0.3 is 20.3 Å². The first-order valence-electron chi connectivity index (χ1n) is 7.72. The molecule has 2 rings (SSSR count). The molecule has 1 aliphatic heterocycles. The van der Waals surface area contributed by atoms with Crippen molar-refractivity contribution in [2.45, 2.75) is 19.9 Å². The van der Waals surface area contributed by atoms with Crippen molar-refractivity contribution in [2.24, 2.45) is 0 Å². The molecule has 116 valence electrons. The molecule has 1 heterocycles. The van der Waals surface area contributed by atoms with E-state index in [1.165, 1.54) is 17.7 Å². The number of hydrogen-bond acceptors (Lipinski definition) is 2. The van der Waals surface area contributed by atoms with E-state index in [0.717, 1.165) is 50.9 Å². The van der Waals surface area contributed by atoms with Gasteiger partial charge in [-0.3, -0.25) is 0 Å². The summed E-state index contributed by atoms with van der Waals surface area (Å²) < 4.78 is 5.36. The number of nitrogens with one attached hydrogen (secondary N) is 3. The molecule has 0 amide bonds. The number of aryl methyl sites for hydroxylation is 1. The maximum atomic E-state index is 5.36. The SMILES string of the molecule is Cc1ccc(CNC(=S)NCCC[NH+]2CCOCC2)cc1. The third-order valence-electron chi connectivity index (χ3n) is 3.77. The number of quaternary nitrogens is 1. The number of thiocarbonyl (C=S) groups is 1. The Labute approximate surface area is 132 Å². The van der Waals surface area contributed by atoms with E-state index in [4.69, 9.17) is 17.0 Å². The van der Waals surface area contributed by atoms with Gasteiger partial charge in [0.1, 0.15) is 13.1 Å². The first kappa shape index (κ1) is 16.2. The average Bonchev–Trinajstić information content (AvgIpc) is 2.52. The fourth-order valence-electron chi connectivity index (χ4n) is 2.40. The third-order valence-corrected chi connectivity index (χ3v) is 4.05. The molecule has 0 aliphatic carbocycles. The summed E-state index contributed by atoms with van der Waals surface area (Å²) in [6.07, 6.45) is 1.14. The molecule has 4 nitrogen and oxygen atoms in total. The summed E-state index contributed by atoms with van der Waals surface area (Å²) in [6, 6.07) is 8.51. The van der Waals surface area contributed by atoms with Crippen molar-refractivity contribution in [3.8, 4) is 0 Å². The van der Waals surface area contributed by atoms with Crippen LogP contribution in [0.25, 0.3) is 0 Å². The first-order valence-corrected chi connectivity index (χ1v) is 8.13. The lowest BCUT2D eigenvalue weighted by atomic mass is 10.1. The zero-order valence-corrected chi connectivity index (χ0v) is 13.6. The van der Waals surface area contributed by atoms with E-state index in [9.17, 15) is 0 Å². The van der Waals surface area contributed by atoms with Gasteiger partial charge in [0.25, 0.3) is 0 Å². The van der Waals surface area contributed by atoms with Gasteiger partial charge in [-0.15, -0.1) is 0 Å². The van der Waals surface area contributed by atoms with Crippen molar-refractivity contribution in [2.75, 3.05) is 39.4 Å². The van der Waals surface area contributed by atoms with Crippen LogP contribution in [-0.4, -0.2) is 44.5 Å². The molecule has 0 radical (unpaired) electrons. The molecule has 0 bridgehead atoms. The van der Waals surface area contributed by atoms with E-state index in [1.807, 2.05) is 0 Å². The van der Waals surface area contributed by atoms with E-state index < -0.39 is 0 Å². The summed E-state index contributed by atoms with van der Waals surface area (Å²) in [5.41, 5.74) is 2.53. The van der Waals surface area contributed by atoms with E-state index in [1.54, 1.807) is 4.90 Å². The van der Waals surface area contributed by atoms with E-state index in [2.05, 4.69) is 41.8 Å². The van der Waals surface area contributed by atoms with Crippen molar-refractivity contribution >= 4 is 17.3 Å². The van der Waals surface area contributed by atoms with Crippen LogP contribution in [0.1, 0.15) is 17.5 Å². The molecule has 1 aromatic carbocycles. The van der Waals surface area contributed by atoms with Gasteiger partial charge in [-0.05, 0) is 24.7 Å². The highest BCUT2D eigenvalue weighted by Gasteiger charge is 2.12. The van der Waals surface area contributed by atoms with Crippen LogP contribution in [0.4, 0.5) is 0 Å². The predicted molar refractivity (Wildman–Crippen MR) is 89.6 cm³/mol. The molecule has 1 fully saturated rings. The summed E-state index contributed by atoms with van der Waals surface area (Å²) in [7, 11) is 0. The number of hydrogen-bond donors (Lipinski definition) is 3. The molecule has 0 aromatic heterocycles. The highest BCUT2D eigenvalue weighted by atomic mass is 32.1. The lowest BCUT2D eigenvalue weighted by Gasteiger charge is -2.23. The lowest BCUT2D eigenvalue weighted by molar-refractivity contribution is -0.908. The Morgan fingerprint density at radius 2 is 1.90 bits per heavy atom. The van der Waals surface area contributed by atoms with Crippen molar-refractivity contribution in [1.29, 1.82) is 0 Å². The minimum Gasteiger partial charge on any atom is -0.370 e. The summed E-state index contributed by atoms with van der Waals surface area (Å²) >= 11 is 5.30. The zero-order valence-electron chi connectivity index (χ0n) is 12.8. The number of rotatable bonds is 6. The average molecular weight is 308 g/mol. The second kappa shape index (κ2) is 8.97. The second-order valence-corrected chi connectivity index (χ2v) is 5.97. The van der Waals surface area contributed by atoms with Gasteiger partial charge in [0, 0.05) is 19.5 Å². The summed E-state index contributed by atoms with van der Waals surface area (Å²) in [5, 5.41) is 7.27. The predicted octanol–water partition coefficient (Wildman–Crippen LogP) is 0.264. The lowest BCUT2D eigenvalue weighted by Crippen LogP contribution is -3.14. The van der Waals surface area contributed by atoms with Crippen LogP contribution in [0.5, 0.6) is 0 Å². The second-order valence-electron chi connectivity index (χ2n) is 5.56. The van der Waals surface area contributed by atoms with Gasteiger partial charge in [0.2, 0.25) is 0 Å². The monoisotopic (exact) mass is 308 g/mol. The Balaban J connectivity index is 1.54. The maximum absolute atomic E-state index is 5.36. The van der Waals surface area contributed by atoms with E-state index >= 15 is 0 Å². The Hall–Kier alpha value is -1.17. The topological polar surface area (TPSA) is 37.7 Å². The Morgan fingerprint density at radius 1 is 1.19 bits per heavy atom. The zero-order chi connectivity index (χ0) is 14.9. The fraction of sp³-hybridized carbons (Fsp3) is 0.562.